The molecule has 268 valence electrons. The Bertz CT molecular complexity index is 2520. The predicted octanol–water partition coefficient (Wildman–Crippen LogP) is 5.49. The lowest BCUT2D eigenvalue weighted by Crippen LogP contribution is -2.52. The minimum atomic E-state index is -0.662. The van der Waals surface area contributed by atoms with Crippen LogP contribution in [0.15, 0.2) is 85.5 Å². The van der Waals surface area contributed by atoms with Gasteiger partial charge in [0.05, 0.1) is 17.9 Å². The Morgan fingerprint density at radius 1 is 0.852 bits per heavy atom. The number of aromatic amines is 1. The van der Waals surface area contributed by atoms with Crippen molar-refractivity contribution in [2.75, 3.05) is 6.61 Å². The number of H-pyrrole nitrogens is 1. The van der Waals surface area contributed by atoms with E-state index < -0.39 is 11.9 Å². The Morgan fingerprint density at radius 3 is 2.52 bits per heavy atom. The number of pyridine rings is 3. The largest absolute Gasteiger partial charge is 0.489 e. The minimum absolute atomic E-state index is 0.00296. The zero-order valence-corrected chi connectivity index (χ0v) is 28.7. The van der Waals surface area contributed by atoms with Crippen LogP contribution in [0.25, 0.3) is 32.9 Å². The third kappa shape index (κ3) is 6.43. The van der Waals surface area contributed by atoms with Gasteiger partial charge in [-0.05, 0) is 65.9 Å². The van der Waals surface area contributed by atoms with Gasteiger partial charge in [0.2, 0.25) is 17.7 Å². The van der Waals surface area contributed by atoms with E-state index in [2.05, 4.69) is 37.1 Å². The molecule has 13 heteroatoms. The molecular weight excluding hydrogens is 691 g/mol. The molecule has 2 N–H and O–H groups in total. The van der Waals surface area contributed by atoms with Crippen molar-refractivity contribution in [3.05, 3.63) is 108 Å². The lowest BCUT2D eigenvalue weighted by Gasteiger charge is -2.34. The molecule has 1 aliphatic carbocycles. The van der Waals surface area contributed by atoms with Crippen molar-refractivity contribution in [2.45, 2.75) is 50.5 Å². The van der Waals surface area contributed by atoms with E-state index in [9.17, 15) is 18.8 Å². The van der Waals surface area contributed by atoms with Gasteiger partial charge in [-0.2, -0.15) is 0 Å². The molecule has 1 saturated carbocycles. The van der Waals surface area contributed by atoms with Gasteiger partial charge in [-0.25, -0.2) is 14.4 Å². The van der Waals surface area contributed by atoms with Crippen molar-refractivity contribution in [1.29, 1.82) is 0 Å². The highest BCUT2D eigenvalue weighted by Crippen LogP contribution is 2.33. The molecule has 2 fully saturated rings. The van der Waals surface area contributed by atoms with Gasteiger partial charge >= 0.3 is 0 Å². The number of carbonyl (C=O) groups is 3. The average molecular weight is 723 g/mol. The van der Waals surface area contributed by atoms with Crippen molar-refractivity contribution in [2.24, 2.45) is 0 Å². The van der Waals surface area contributed by atoms with Gasteiger partial charge in [-0.1, -0.05) is 18.1 Å². The SMILES string of the molecule is O=C1CCC(N2Cc3cc(OCC#Cc4ccc(O[C@H]5C[C@H](Oc6ccc(-c7ccc8c(c7)[nH]c7c(F)cncc78)cn6)C5)cn4)ccc3C2=O)C(=O)N1. The number of benzene rings is 2. The highest BCUT2D eigenvalue weighted by atomic mass is 19.1. The second-order valence-corrected chi connectivity index (χ2v) is 13.5. The highest BCUT2D eigenvalue weighted by molar-refractivity contribution is 6.08. The zero-order valence-electron chi connectivity index (χ0n) is 28.7. The Kier molecular flexibility index (Phi) is 8.34. The van der Waals surface area contributed by atoms with Gasteiger partial charge < -0.3 is 24.1 Å². The number of nitrogens with one attached hydrogen (secondary N) is 2. The van der Waals surface area contributed by atoms with E-state index in [1.807, 2.05) is 36.4 Å². The summed E-state index contributed by atoms with van der Waals surface area (Å²) in [6.07, 6.45) is 8.24. The summed E-state index contributed by atoms with van der Waals surface area (Å²) in [5, 5.41) is 3.97. The van der Waals surface area contributed by atoms with Crippen LogP contribution in [0.5, 0.6) is 17.4 Å². The molecule has 4 aromatic heterocycles. The number of rotatable bonds is 8. The van der Waals surface area contributed by atoms with Crippen LogP contribution in [0.2, 0.25) is 0 Å². The van der Waals surface area contributed by atoms with Crippen molar-refractivity contribution < 1.29 is 33.0 Å². The summed E-state index contributed by atoms with van der Waals surface area (Å²) < 4.78 is 32.1. The minimum Gasteiger partial charge on any atom is -0.489 e. The van der Waals surface area contributed by atoms with E-state index >= 15 is 0 Å². The second-order valence-electron chi connectivity index (χ2n) is 13.5. The van der Waals surface area contributed by atoms with E-state index in [0.29, 0.717) is 40.6 Å². The molecule has 6 heterocycles. The van der Waals surface area contributed by atoms with Gasteiger partial charge in [0, 0.05) is 71.7 Å². The lowest BCUT2D eigenvalue weighted by molar-refractivity contribution is -0.136. The van der Waals surface area contributed by atoms with Crippen LogP contribution in [-0.2, 0) is 16.1 Å². The van der Waals surface area contributed by atoms with E-state index in [-0.39, 0.29) is 49.4 Å². The number of aromatic nitrogens is 4. The zero-order chi connectivity index (χ0) is 36.8. The third-order valence-electron chi connectivity index (χ3n) is 9.94. The summed E-state index contributed by atoms with van der Waals surface area (Å²) >= 11 is 0. The van der Waals surface area contributed by atoms with E-state index in [0.717, 1.165) is 45.8 Å². The molecule has 3 amide bonds. The molecular formula is C41H31FN6O6. The van der Waals surface area contributed by atoms with Gasteiger partial charge in [0.15, 0.2) is 5.82 Å². The molecule has 9 rings (SSSR count). The van der Waals surface area contributed by atoms with Crippen LogP contribution in [-0.4, -0.2) is 67.4 Å². The Labute approximate surface area is 307 Å². The van der Waals surface area contributed by atoms with Crippen LogP contribution in [0.1, 0.15) is 47.3 Å². The number of hydrogen-bond acceptors (Lipinski definition) is 9. The van der Waals surface area contributed by atoms with E-state index in [1.54, 1.807) is 42.9 Å². The lowest BCUT2D eigenvalue weighted by atomic mass is 9.92. The van der Waals surface area contributed by atoms with Crippen LogP contribution < -0.4 is 19.5 Å². The first-order chi connectivity index (χ1) is 26.3. The normalized spacial score (nSPS) is 19.2. The number of amides is 3. The number of imide groups is 1. The summed E-state index contributed by atoms with van der Waals surface area (Å²) in [6.45, 7) is 0.392. The fourth-order valence-corrected chi connectivity index (χ4v) is 7.07. The first kappa shape index (κ1) is 33.1. The third-order valence-corrected chi connectivity index (χ3v) is 9.94. The molecule has 54 heavy (non-hydrogen) atoms. The number of halogens is 1. The van der Waals surface area contributed by atoms with Crippen molar-refractivity contribution in [3.63, 3.8) is 0 Å². The number of nitrogens with zero attached hydrogens (tertiary/aromatic N) is 4. The molecule has 0 bridgehead atoms. The summed E-state index contributed by atoms with van der Waals surface area (Å²) in [6, 6.07) is 17.9. The van der Waals surface area contributed by atoms with Gasteiger partial charge in [0.25, 0.3) is 5.91 Å². The summed E-state index contributed by atoms with van der Waals surface area (Å²) in [5.41, 5.74) is 5.00. The van der Waals surface area contributed by atoms with Crippen molar-refractivity contribution in [1.82, 2.24) is 30.2 Å². The Morgan fingerprint density at radius 2 is 1.70 bits per heavy atom. The number of fused-ring (bicyclic) bond motifs is 4. The molecule has 0 spiro atoms. The van der Waals surface area contributed by atoms with Crippen LogP contribution in [0, 0.1) is 17.7 Å². The fraction of sp³-hybridized carbons (Fsp3) is 0.220. The molecule has 3 aliphatic rings. The summed E-state index contributed by atoms with van der Waals surface area (Å²) in [7, 11) is 0. The number of piperidine rings is 1. The molecule has 0 radical (unpaired) electrons. The predicted molar refractivity (Wildman–Crippen MR) is 194 cm³/mol. The van der Waals surface area contributed by atoms with E-state index in [1.165, 1.54) is 11.1 Å². The molecule has 2 aliphatic heterocycles. The van der Waals surface area contributed by atoms with Crippen LogP contribution in [0.4, 0.5) is 4.39 Å². The van der Waals surface area contributed by atoms with E-state index in [4.69, 9.17) is 14.2 Å². The smallest absolute Gasteiger partial charge is 0.255 e. The highest BCUT2D eigenvalue weighted by Gasteiger charge is 2.39. The molecule has 1 saturated heterocycles. The molecule has 2 aromatic carbocycles. The maximum atomic E-state index is 14.2. The topological polar surface area (TPSA) is 149 Å². The Hall–Kier alpha value is -6.81. The quantitative estimate of drug-likeness (QED) is 0.154. The molecule has 12 nitrogen and oxygen atoms in total. The monoisotopic (exact) mass is 722 g/mol. The maximum absolute atomic E-state index is 14.2. The van der Waals surface area contributed by atoms with Crippen LogP contribution in [0.3, 0.4) is 0 Å². The Balaban J connectivity index is 0.726. The maximum Gasteiger partial charge on any atom is 0.255 e. The number of carbonyl (C=O) groups excluding carboxylic acids is 3. The van der Waals surface area contributed by atoms with Gasteiger partial charge in [0.1, 0.15) is 42.0 Å². The molecule has 1 unspecified atom stereocenters. The van der Waals surface area contributed by atoms with Crippen molar-refractivity contribution in [3.8, 4) is 40.3 Å². The van der Waals surface area contributed by atoms with Gasteiger partial charge in [-0.3, -0.25) is 24.7 Å². The molecule has 6 aromatic rings. The molecule has 1 atom stereocenters. The number of hydrogen-bond donors (Lipinski definition) is 2. The number of ether oxygens (including phenoxy) is 3. The summed E-state index contributed by atoms with van der Waals surface area (Å²) in [5.74, 6) is 6.32. The van der Waals surface area contributed by atoms with Crippen LogP contribution >= 0.6 is 0 Å². The fourth-order valence-electron chi connectivity index (χ4n) is 7.07. The van der Waals surface area contributed by atoms with Crippen molar-refractivity contribution >= 4 is 39.5 Å². The average Bonchev–Trinajstić information content (AvgIpc) is 3.70. The van der Waals surface area contributed by atoms with Gasteiger partial charge in [-0.15, -0.1) is 0 Å². The standard InChI is InChI=1S/C41H31FN6O6/c42-34-21-43-20-33-32-8-3-23(15-35(32)46-39(33)34)24-4-12-38(45-18-24)54-30-16-29(17-30)53-28-6-5-26(44-19-28)2-1-13-52-27-7-9-31-25(14-27)22-48(41(31)51)36-10-11-37(49)47-40(36)50/h3-9,12,14-15,18-21,29-30,36,46H,10-11,13,16-17,22H2,(H,47,49,50)/t29-,30-,36?. The second kappa shape index (κ2) is 13.6. The first-order valence-electron chi connectivity index (χ1n) is 17.5. The first-order valence-corrected chi connectivity index (χ1v) is 17.5. The summed E-state index contributed by atoms with van der Waals surface area (Å²) in [4.78, 5) is 54.2.